The number of aryl methyl sites for hydroxylation is 1. The number of nitrogens with one attached hydrogen (secondary N) is 1. The van der Waals surface area contributed by atoms with Crippen LogP contribution < -0.4 is 15.6 Å². The highest BCUT2D eigenvalue weighted by Crippen LogP contribution is 2.36. The van der Waals surface area contributed by atoms with Crippen LogP contribution in [0.25, 0.3) is 0 Å². The lowest BCUT2D eigenvalue weighted by Gasteiger charge is -2.16. The van der Waals surface area contributed by atoms with E-state index in [2.05, 4.69) is 5.32 Å². The fourth-order valence-corrected chi connectivity index (χ4v) is 2.90. The first-order valence-electron chi connectivity index (χ1n) is 8.81. The molecule has 1 heterocycles. The molecule has 162 valence electrons. The lowest BCUT2D eigenvalue weighted by molar-refractivity contribution is -0.137. The highest BCUT2D eigenvalue weighted by atomic mass is 35.5. The number of pyridine rings is 1. The highest BCUT2D eigenvalue weighted by Gasteiger charge is 2.32. The van der Waals surface area contributed by atoms with Gasteiger partial charge in [-0.25, -0.2) is 4.39 Å². The fourth-order valence-electron chi connectivity index (χ4n) is 2.70. The molecule has 31 heavy (non-hydrogen) atoms. The average Bonchev–Trinajstić information content (AvgIpc) is 2.69. The molecule has 0 radical (unpaired) electrons. The summed E-state index contributed by atoms with van der Waals surface area (Å²) in [5.41, 5.74) is -1.26. The van der Waals surface area contributed by atoms with Gasteiger partial charge in [-0.2, -0.15) is 13.2 Å². The van der Waals surface area contributed by atoms with Crippen LogP contribution in [-0.2, 0) is 12.2 Å². The van der Waals surface area contributed by atoms with Gasteiger partial charge in [0.05, 0.1) is 11.1 Å². The fraction of sp³-hybridized carbons (Fsp3) is 0.143. The van der Waals surface area contributed by atoms with Gasteiger partial charge in [-0.3, -0.25) is 9.59 Å². The van der Waals surface area contributed by atoms with Gasteiger partial charge in [0, 0.05) is 18.0 Å². The molecule has 0 aliphatic rings. The minimum Gasteiger partial charge on any atom is -0.456 e. The summed E-state index contributed by atoms with van der Waals surface area (Å²) in [7, 11) is 0. The summed E-state index contributed by atoms with van der Waals surface area (Å²) < 4.78 is 59.6. The Kier molecular flexibility index (Phi) is 6.35. The second-order valence-corrected chi connectivity index (χ2v) is 6.76. The van der Waals surface area contributed by atoms with Gasteiger partial charge in [-0.05, 0) is 55.0 Å². The lowest BCUT2D eigenvalue weighted by Crippen LogP contribution is -2.20. The van der Waals surface area contributed by atoms with Crippen molar-refractivity contribution < 1.29 is 27.1 Å². The van der Waals surface area contributed by atoms with Gasteiger partial charge in [-0.1, -0.05) is 0 Å². The number of nitrogens with zero attached hydrogens (tertiary/aromatic N) is 1. The molecular weight excluding hydrogens is 440 g/mol. The number of halogens is 5. The molecule has 0 saturated carbocycles. The number of alkyl halides is 4. The second-order valence-electron chi connectivity index (χ2n) is 6.52. The summed E-state index contributed by atoms with van der Waals surface area (Å²) in [4.78, 5) is 24.6. The van der Waals surface area contributed by atoms with Crippen molar-refractivity contribution in [2.24, 2.45) is 0 Å². The van der Waals surface area contributed by atoms with E-state index < -0.39 is 29.0 Å². The van der Waals surface area contributed by atoms with Gasteiger partial charge in [0.1, 0.15) is 23.3 Å². The first-order valence-corrected chi connectivity index (χ1v) is 9.35. The standard InChI is InChI=1S/C21H15ClF4N2O3/c1-12-8-14(23)3-5-17(12)31-18-9-13(21(24,25)26)2-4-16(18)20(30)27-15-6-7-28(11-22)19(29)10-15/h2-10H,11H2,1H3,(H,27,30). The topological polar surface area (TPSA) is 60.3 Å². The zero-order valence-corrected chi connectivity index (χ0v) is 16.7. The SMILES string of the molecule is Cc1cc(F)ccc1Oc1cc(C(F)(F)F)ccc1C(=O)Nc1ccn(CCl)c(=O)c1. The lowest BCUT2D eigenvalue weighted by atomic mass is 10.1. The van der Waals surface area contributed by atoms with Gasteiger partial charge in [-0.15, -0.1) is 11.6 Å². The van der Waals surface area contributed by atoms with Crippen LogP contribution in [-0.4, -0.2) is 10.5 Å². The quantitative estimate of drug-likeness (QED) is 0.406. The summed E-state index contributed by atoms with van der Waals surface area (Å²) in [6.45, 7) is 1.51. The van der Waals surface area contributed by atoms with Crippen molar-refractivity contribution in [2.45, 2.75) is 19.1 Å². The summed E-state index contributed by atoms with van der Waals surface area (Å²) >= 11 is 5.60. The van der Waals surface area contributed by atoms with Crippen LogP contribution in [0.15, 0.2) is 59.5 Å². The Morgan fingerprint density at radius 2 is 1.84 bits per heavy atom. The molecule has 0 aliphatic heterocycles. The van der Waals surface area contributed by atoms with Crippen molar-refractivity contribution in [3.05, 3.63) is 87.6 Å². The monoisotopic (exact) mass is 454 g/mol. The van der Waals surface area contributed by atoms with Crippen molar-refractivity contribution in [1.29, 1.82) is 0 Å². The minimum atomic E-state index is -4.67. The number of benzene rings is 2. The van der Waals surface area contributed by atoms with E-state index in [0.29, 0.717) is 11.6 Å². The van der Waals surface area contributed by atoms with E-state index in [9.17, 15) is 27.2 Å². The predicted octanol–water partition coefficient (Wildman–Crippen LogP) is 5.56. The number of hydrogen-bond acceptors (Lipinski definition) is 3. The number of ether oxygens (including phenoxy) is 1. The minimum absolute atomic E-state index is 0.0824. The average molecular weight is 455 g/mol. The van der Waals surface area contributed by atoms with Crippen LogP contribution in [0.4, 0.5) is 23.2 Å². The first-order chi connectivity index (χ1) is 14.6. The molecule has 0 bridgehead atoms. The molecule has 1 aromatic heterocycles. The molecule has 2 aromatic carbocycles. The zero-order valence-electron chi connectivity index (χ0n) is 16.0. The Labute approximate surface area is 178 Å². The number of amides is 1. The van der Waals surface area contributed by atoms with Crippen LogP contribution in [0.5, 0.6) is 11.5 Å². The maximum Gasteiger partial charge on any atom is 0.416 e. The summed E-state index contributed by atoms with van der Waals surface area (Å²) in [6, 6.07) is 8.32. The van der Waals surface area contributed by atoms with Gasteiger partial charge in [0.15, 0.2) is 0 Å². The molecule has 10 heteroatoms. The van der Waals surface area contributed by atoms with E-state index in [1.54, 1.807) is 0 Å². The maximum absolute atomic E-state index is 13.3. The van der Waals surface area contributed by atoms with Gasteiger partial charge in [0.25, 0.3) is 11.5 Å². The van der Waals surface area contributed by atoms with Crippen molar-refractivity contribution in [3.63, 3.8) is 0 Å². The van der Waals surface area contributed by atoms with Crippen molar-refractivity contribution in [2.75, 3.05) is 5.32 Å². The summed E-state index contributed by atoms with van der Waals surface area (Å²) in [5.74, 6) is -1.64. The third-order valence-electron chi connectivity index (χ3n) is 4.29. The van der Waals surface area contributed by atoms with E-state index in [1.165, 1.54) is 29.8 Å². The van der Waals surface area contributed by atoms with E-state index >= 15 is 0 Å². The van der Waals surface area contributed by atoms with Crippen LogP contribution >= 0.6 is 11.6 Å². The molecule has 0 fully saturated rings. The van der Waals surface area contributed by atoms with E-state index in [0.717, 1.165) is 30.3 Å². The molecular formula is C21H15ClF4N2O3. The van der Waals surface area contributed by atoms with E-state index in [4.69, 9.17) is 16.3 Å². The van der Waals surface area contributed by atoms with Gasteiger partial charge in [0.2, 0.25) is 0 Å². The molecule has 5 nitrogen and oxygen atoms in total. The number of rotatable bonds is 5. The zero-order chi connectivity index (χ0) is 22.8. The first kappa shape index (κ1) is 22.4. The van der Waals surface area contributed by atoms with Gasteiger partial charge >= 0.3 is 6.18 Å². The molecule has 1 N–H and O–H groups in total. The van der Waals surface area contributed by atoms with Gasteiger partial charge < -0.3 is 14.6 Å². The van der Waals surface area contributed by atoms with Crippen LogP contribution in [0.3, 0.4) is 0 Å². The number of hydrogen-bond donors (Lipinski definition) is 1. The van der Waals surface area contributed by atoms with E-state index in [1.807, 2.05) is 0 Å². The van der Waals surface area contributed by atoms with Crippen LogP contribution in [0.2, 0.25) is 0 Å². The second kappa shape index (κ2) is 8.81. The molecule has 3 rings (SSSR count). The molecule has 0 saturated heterocycles. The smallest absolute Gasteiger partial charge is 0.416 e. The number of anilines is 1. The summed E-state index contributed by atoms with van der Waals surface area (Å²) in [6.07, 6.45) is -3.31. The summed E-state index contributed by atoms with van der Waals surface area (Å²) in [5, 5.41) is 2.44. The van der Waals surface area contributed by atoms with Crippen molar-refractivity contribution in [3.8, 4) is 11.5 Å². The van der Waals surface area contributed by atoms with Crippen molar-refractivity contribution in [1.82, 2.24) is 4.57 Å². The Hall–Kier alpha value is -3.33. The molecule has 0 spiro atoms. The maximum atomic E-state index is 13.3. The largest absolute Gasteiger partial charge is 0.456 e. The molecule has 0 atom stereocenters. The number of carbonyl (C=O) groups excluding carboxylic acids is 1. The third-order valence-corrected chi connectivity index (χ3v) is 4.55. The number of carbonyl (C=O) groups is 1. The normalized spacial score (nSPS) is 11.3. The van der Waals surface area contributed by atoms with Crippen LogP contribution in [0, 0.1) is 12.7 Å². The van der Waals surface area contributed by atoms with Crippen molar-refractivity contribution >= 4 is 23.2 Å². The highest BCUT2D eigenvalue weighted by molar-refractivity contribution is 6.15. The number of aromatic nitrogens is 1. The molecule has 0 aliphatic carbocycles. The molecule has 1 amide bonds. The molecule has 0 unspecified atom stereocenters. The predicted molar refractivity (Wildman–Crippen MR) is 107 cm³/mol. The molecule has 3 aromatic rings. The van der Waals surface area contributed by atoms with E-state index in [-0.39, 0.29) is 28.8 Å². The van der Waals surface area contributed by atoms with Crippen LogP contribution in [0.1, 0.15) is 21.5 Å². The Balaban J connectivity index is 1.99. The Morgan fingerprint density at radius 3 is 2.45 bits per heavy atom. The Morgan fingerprint density at radius 1 is 1.10 bits per heavy atom. The Bertz CT molecular complexity index is 1190. The third kappa shape index (κ3) is 5.24.